The first-order valence-electron chi connectivity index (χ1n) is 8.17. The SMILES string of the molecule is O=S1(=O)CCC(N2CCN(Cn3cnc4ccccc43)CC2)C1. The fourth-order valence-corrected chi connectivity index (χ4v) is 5.43. The van der Waals surface area contributed by atoms with Crippen molar-refractivity contribution in [3.8, 4) is 0 Å². The molecule has 0 bridgehead atoms. The molecule has 124 valence electrons. The van der Waals surface area contributed by atoms with Crippen LogP contribution in [-0.4, -0.2) is 71.5 Å². The van der Waals surface area contributed by atoms with E-state index < -0.39 is 9.84 Å². The van der Waals surface area contributed by atoms with Crippen LogP contribution in [0.3, 0.4) is 0 Å². The zero-order valence-electron chi connectivity index (χ0n) is 13.1. The van der Waals surface area contributed by atoms with Crippen molar-refractivity contribution in [1.29, 1.82) is 0 Å². The van der Waals surface area contributed by atoms with Gasteiger partial charge in [-0.3, -0.25) is 9.80 Å². The first-order valence-corrected chi connectivity index (χ1v) is 10.00. The molecule has 0 aliphatic carbocycles. The van der Waals surface area contributed by atoms with Gasteiger partial charge in [-0.2, -0.15) is 0 Å². The molecule has 0 radical (unpaired) electrons. The summed E-state index contributed by atoms with van der Waals surface area (Å²) >= 11 is 0. The molecule has 0 N–H and O–H groups in total. The molecule has 7 heteroatoms. The highest BCUT2D eigenvalue weighted by atomic mass is 32.2. The quantitative estimate of drug-likeness (QED) is 0.831. The average molecular weight is 334 g/mol. The zero-order valence-corrected chi connectivity index (χ0v) is 14.0. The summed E-state index contributed by atoms with van der Waals surface area (Å²) in [5.74, 6) is 0.706. The van der Waals surface area contributed by atoms with Crippen molar-refractivity contribution in [2.45, 2.75) is 19.1 Å². The van der Waals surface area contributed by atoms with Crippen molar-refractivity contribution in [3.63, 3.8) is 0 Å². The van der Waals surface area contributed by atoms with E-state index in [4.69, 9.17) is 0 Å². The largest absolute Gasteiger partial charge is 0.317 e. The van der Waals surface area contributed by atoms with E-state index in [1.54, 1.807) is 0 Å². The second-order valence-corrected chi connectivity index (χ2v) is 8.78. The molecule has 0 amide bonds. The monoisotopic (exact) mass is 334 g/mol. The van der Waals surface area contributed by atoms with E-state index in [0.717, 1.165) is 50.3 Å². The third kappa shape index (κ3) is 3.13. The van der Waals surface area contributed by atoms with Crippen molar-refractivity contribution >= 4 is 20.9 Å². The second-order valence-electron chi connectivity index (χ2n) is 6.56. The van der Waals surface area contributed by atoms with E-state index in [0.29, 0.717) is 11.5 Å². The lowest BCUT2D eigenvalue weighted by Crippen LogP contribution is -2.50. The number of para-hydroxylation sites is 2. The Morgan fingerprint density at radius 2 is 1.91 bits per heavy atom. The fourth-order valence-electron chi connectivity index (χ4n) is 3.67. The van der Waals surface area contributed by atoms with Crippen LogP contribution < -0.4 is 0 Å². The molecule has 1 aromatic carbocycles. The summed E-state index contributed by atoms with van der Waals surface area (Å²) in [7, 11) is -2.79. The molecule has 2 aliphatic heterocycles. The molecule has 0 saturated carbocycles. The predicted molar refractivity (Wildman–Crippen MR) is 89.9 cm³/mol. The van der Waals surface area contributed by atoms with Gasteiger partial charge in [0, 0.05) is 32.2 Å². The van der Waals surface area contributed by atoms with E-state index in [2.05, 4.69) is 25.4 Å². The smallest absolute Gasteiger partial charge is 0.151 e. The van der Waals surface area contributed by atoms with Crippen LogP contribution in [0.2, 0.25) is 0 Å². The summed E-state index contributed by atoms with van der Waals surface area (Å²) in [5, 5.41) is 0. The molecule has 2 aliphatic rings. The summed E-state index contributed by atoms with van der Waals surface area (Å²) < 4.78 is 25.5. The third-order valence-electron chi connectivity index (χ3n) is 5.01. The Bertz CT molecular complexity index is 793. The number of hydrogen-bond donors (Lipinski definition) is 0. The molecular formula is C16H22N4O2S. The number of sulfone groups is 1. The van der Waals surface area contributed by atoms with E-state index >= 15 is 0 Å². The Morgan fingerprint density at radius 1 is 1.13 bits per heavy atom. The number of rotatable bonds is 3. The highest BCUT2D eigenvalue weighted by molar-refractivity contribution is 7.91. The van der Waals surface area contributed by atoms with Gasteiger partial charge >= 0.3 is 0 Å². The molecule has 4 rings (SSSR count). The lowest BCUT2D eigenvalue weighted by molar-refractivity contribution is 0.0857. The minimum atomic E-state index is -2.79. The van der Waals surface area contributed by atoms with Gasteiger partial charge in [-0.15, -0.1) is 0 Å². The van der Waals surface area contributed by atoms with Crippen molar-refractivity contribution in [2.75, 3.05) is 37.7 Å². The standard InChI is InChI=1S/C16H22N4O2S/c21-23(22)10-5-14(11-23)19-8-6-18(7-9-19)13-20-12-17-15-3-1-2-4-16(15)20/h1-4,12,14H,5-11,13H2. The minimum Gasteiger partial charge on any atom is -0.317 e. The Labute approximate surface area is 136 Å². The summed E-state index contributed by atoms with van der Waals surface area (Å²) in [6, 6.07) is 8.41. The van der Waals surface area contributed by atoms with Crippen LogP contribution in [0.5, 0.6) is 0 Å². The predicted octanol–water partition coefficient (Wildman–Crippen LogP) is 0.798. The Balaban J connectivity index is 1.37. The van der Waals surface area contributed by atoms with Gasteiger partial charge in [0.2, 0.25) is 0 Å². The molecule has 2 saturated heterocycles. The van der Waals surface area contributed by atoms with Crippen LogP contribution in [-0.2, 0) is 16.5 Å². The van der Waals surface area contributed by atoms with Crippen LogP contribution in [0.1, 0.15) is 6.42 Å². The van der Waals surface area contributed by atoms with E-state index in [9.17, 15) is 8.42 Å². The third-order valence-corrected chi connectivity index (χ3v) is 6.76. The van der Waals surface area contributed by atoms with Crippen molar-refractivity contribution in [1.82, 2.24) is 19.4 Å². The molecule has 1 unspecified atom stereocenters. The fraction of sp³-hybridized carbons (Fsp3) is 0.562. The molecular weight excluding hydrogens is 312 g/mol. The summed E-state index contributed by atoms with van der Waals surface area (Å²) in [6.07, 6.45) is 2.70. The molecule has 2 fully saturated rings. The van der Waals surface area contributed by atoms with Gasteiger partial charge in [0.05, 0.1) is 35.5 Å². The molecule has 23 heavy (non-hydrogen) atoms. The molecule has 2 aromatic rings. The zero-order chi connectivity index (χ0) is 15.9. The second kappa shape index (κ2) is 5.89. The van der Waals surface area contributed by atoms with Gasteiger partial charge in [0.25, 0.3) is 0 Å². The van der Waals surface area contributed by atoms with Gasteiger partial charge in [-0.1, -0.05) is 12.1 Å². The number of piperazine rings is 1. The van der Waals surface area contributed by atoms with Crippen LogP contribution >= 0.6 is 0 Å². The maximum Gasteiger partial charge on any atom is 0.151 e. The molecule has 0 spiro atoms. The number of fused-ring (bicyclic) bond motifs is 1. The van der Waals surface area contributed by atoms with Gasteiger partial charge in [0.1, 0.15) is 0 Å². The van der Waals surface area contributed by atoms with Gasteiger partial charge in [-0.25, -0.2) is 13.4 Å². The lowest BCUT2D eigenvalue weighted by Gasteiger charge is -2.37. The summed E-state index contributed by atoms with van der Waals surface area (Å²) in [5.41, 5.74) is 2.19. The Hall–Kier alpha value is -1.44. The number of nitrogens with zero attached hydrogens (tertiary/aromatic N) is 4. The minimum absolute atomic E-state index is 0.233. The van der Waals surface area contributed by atoms with Crippen molar-refractivity contribution in [2.24, 2.45) is 0 Å². The molecule has 3 heterocycles. The number of aromatic nitrogens is 2. The van der Waals surface area contributed by atoms with Gasteiger partial charge in [0.15, 0.2) is 9.84 Å². The van der Waals surface area contributed by atoms with Gasteiger partial charge in [-0.05, 0) is 18.6 Å². The lowest BCUT2D eigenvalue weighted by atomic mass is 10.2. The van der Waals surface area contributed by atoms with Crippen LogP contribution in [0.25, 0.3) is 11.0 Å². The average Bonchev–Trinajstić information content (AvgIpc) is 3.12. The molecule has 6 nitrogen and oxygen atoms in total. The van der Waals surface area contributed by atoms with Crippen molar-refractivity contribution < 1.29 is 8.42 Å². The van der Waals surface area contributed by atoms with E-state index in [-0.39, 0.29) is 6.04 Å². The van der Waals surface area contributed by atoms with Gasteiger partial charge < -0.3 is 4.57 Å². The van der Waals surface area contributed by atoms with E-state index in [1.807, 2.05) is 24.5 Å². The summed E-state index contributed by atoms with van der Waals surface area (Å²) in [6.45, 7) is 4.70. The Kier molecular flexibility index (Phi) is 3.87. The van der Waals surface area contributed by atoms with Crippen LogP contribution in [0.15, 0.2) is 30.6 Å². The maximum absolute atomic E-state index is 11.6. The van der Waals surface area contributed by atoms with Crippen LogP contribution in [0.4, 0.5) is 0 Å². The highest BCUT2D eigenvalue weighted by Gasteiger charge is 2.33. The maximum atomic E-state index is 11.6. The number of imidazole rings is 1. The highest BCUT2D eigenvalue weighted by Crippen LogP contribution is 2.20. The number of benzene rings is 1. The molecule has 1 atom stereocenters. The van der Waals surface area contributed by atoms with E-state index in [1.165, 1.54) is 0 Å². The van der Waals surface area contributed by atoms with Crippen molar-refractivity contribution in [3.05, 3.63) is 30.6 Å². The topological polar surface area (TPSA) is 58.4 Å². The first-order chi connectivity index (χ1) is 11.1. The molecule has 1 aromatic heterocycles. The normalized spacial score (nSPS) is 26.0. The Morgan fingerprint density at radius 3 is 2.65 bits per heavy atom. The first kappa shape index (κ1) is 15.1. The number of hydrogen-bond acceptors (Lipinski definition) is 5. The van der Waals surface area contributed by atoms with Crippen LogP contribution in [0, 0.1) is 0 Å². The summed E-state index contributed by atoms with van der Waals surface area (Å²) in [4.78, 5) is 9.20.